The number of anilines is 1. The van der Waals surface area contributed by atoms with Crippen LogP contribution in [-0.4, -0.2) is 24.2 Å². The molecule has 2 rings (SSSR count). The zero-order chi connectivity index (χ0) is 11.5. The maximum absolute atomic E-state index is 10.7. The van der Waals surface area contributed by atoms with Gasteiger partial charge in [-0.25, -0.2) is 4.79 Å². The second kappa shape index (κ2) is 4.31. The zero-order valence-corrected chi connectivity index (χ0v) is 8.85. The number of terminal acetylenes is 1. The first kappa shape index (κ1) is 10.6. The lowest BCUT2D eigenvalue weighted by molar-refractivity contribution is 0.0663. The van der Waals surface area contributed by atoms with Gasteiger partial charge in [0.2, 0.25) is 5.76 Å². The van der Waals surface area contributed by atoms with E-state index < -0.39 is 5.97 Å². The Hall–Kier alpha value is -1.89. The smallest absolute Gasteiger partial charge is 0.371 e. The molecule has 4 nitrogen and oxygen atoms in total. The van der Waals surface area contributed by atoms with Crippen LogP contribution in [-0.2, 0) is 0 Å². The lowest BCUT2D eigenvalue weighted by Gasteiger charge is -2.29. The van der Waals surface area contributed by atoms with Crippen molar-refractivity contribution in [2.24, 2.45) is 5.92 Å². The molecule has 4 heteroatoms. The minimum atomic E-state index is -1.04. The lowest BCUT2D eigenvalue weighted by atomic mass is 9.99. The molecular weight excluding hydrogens is 206 g/mol. The summed E-state index contributed by atoms with van der Waals surface area (Å²) in [5, 5.41) is 8.75. The molecule has 1 saturated heterocycles. The third kappa shape index (κ3) is 2.03. The van der Waals surface area contributed by atoms with Gasteiger partial charge in [0.1, 0.15) is 0 Å². The summed E-state index contributed by atoms with van der Waals surface area (Å²) in [6.45, 7) is 1.60. The van der Waals surface area contributed by atoms with Gasteiger partial charge in [-0.05, 0) is 18.9 Å². The minimum absolute atomic E-state index is 0.0298. The highest BCUT2D eigenvalue weighted by Gasteiger charge is 2.21. The van der Waals surface area contributed by atoms with E-state index in [1.165, 1.54) is 6.07 Å². The maximum atomic E-state index is 10.7. The van der Waals surface area contributed by atoms with Crippen LogP contribution in [0.2, 0.25) is 0 Å². The SMILES string of the molecule is C#CC1CCCN(c2ccc(C(=O)O)o2)C1. The van der Waals surface area contributed by atoms with Gasteiger partial charge in [0.15, 0.2) is 5.88 Å². The predicted molar refractivity (Wildman–Crippen MR) is 59.4 cm³/mol. The number of aromatic carboxylic acids is 1. The zero-order valence-electron chi connectivity index (χ0n) is 8.85. The molecule has 16 heavy (non-hydrogen) atoms. The molecule has 1 atom stereocenters. The van der Waals surface area contributed by atoms with Crippen molar-refractivity contribution in [1.29, 1.82) is 0 Å². The number of piperidine rings is 1. The van der Waals surface area contributed by atoms with Crippen LogP contribution in [0.1, 0.15) is 23.4 Å². The maximum Gasteiger partial charge on any atom is 0.371 e. The predicted octanol–water partition coefficient (Wildman–Crippen LogP) is 1.83. The van der Waals surface area contributed by atoms with Crippen LogP contribution in [0.5, 0.6) is 0 Å². The molecular formula is C12H13NO3. The molecule has 1 fully saturated rings. The molecule has 1 aromatic heterocycles. The lowest BCUT2D eigenvalue weighted by Crippen LogP contribution is -2.34. The van der Waals surface area contributed by atoms with Gasteiger partial charge >= 0.3 is 5.97 Å². The third-order valence-corrected chi connectivity index (χ3v) is 2.77. The molecule has 1 N–H and O–H groups in total. The molecule has 1 aromatic rings. The molecule has 1 aliphatic heterocycles. The average molecular weight is 219 g/mol. The third-order valence-electron chi connectivity index (χ3n) is 2.77. The van der Waals surface area contributed by atoms with Crippen LogP contribution in [0.25, 0.3) is 0 Å². The molecule has 0 radical (unpaired) electrons. The highest BCUT2D eigenvalue weighted by atomic mass is 16.4. The summed E-state index contributed by atoms with van der Waals surface area (Å²) < 4.78 is 5.24. The van der Waals surface area contributed by atoms with E-state index in [1.54, 1.807) is 6.07 Å². The van der Waals surface area contributed by atoms with E-state index >= 15 is 0 Å². The number of hydrogen-bond acceptors (Lipinski definition) is 3. The van der Waals surface area contributed by atoms with Crippen LogP contribution in [0.15, 0.2) is 16.5 Å². The summed E-state index contributed by atoms with van der Waals surface area (Å²) in [6, 6.07) is 3.15. The molecule has 0 aromatic carbocycles. The summed E-state index contributed by atoms with van der Waals surface area (Å²) in [5.74, 6) is 2.48. The number of carboxylic acids is 1. The van der Waals surface area contributed by atoms with Crippen molar-refractivity contribution in [2.45, 2.75) is 12.8 Å². The van der Waals surface area contributed by atoms with Gasteiger partial charge in [0, 0.05) is 25.1 Å². The van der Waals surface area contributed by atoms with Gasteiger partial charge in [0.25, 0.3) is 0 Å². The second-order valence-corrected chi connectivity index (χ2v) is 3.89. The molecule has 1 aliphatic rings. The largest absolute Gasteiger partial charge is 0.475 e. The van der Waals surface area contributed by atoms with E-state index in [0.717, 1.165) is 25.9 Å². The fourth-order valence-corrected chi connectivity index (χ4v) is 1.93. The molecule has 84 valence electrons. The van der Waals surface area contributed by atoms with Crippen molar-refractivity contribution in [3.05, 3.63) is 17.9 Å². The monoisotopic (exact) mass is 219 g/mol. The number of carboxylic acid groups (broad SMARTS) is 1. The van der Waals surface area contributed by atoms with Crippen molar-refractivity contribution in [1.82, 2.24) is 0 Å². The van der Waals surface area contributed by atoms with Crippen LogP contribution >= 0.6 is 0 Å². The first-order valence-electron chi connectivity index (χ1n) is 5.25. The van der Waals surface area contributed by atoms with Gasteiger partial charge in [-0.15, -0.1) is 12.3 Å². The molecule has 0 bridgehead atoms. The van der Waals surface area contributed by atoms with Crippen molar-refractivity contribution in [3.63, 3.8) is 0 Å². The van der Waals surface area contributed by atoms with Gasteiger partial charge in [-0.1, -0.05) is 0 Å². The number of rotatable bonds is 2. The molecule has 2 heterocycles. The second-order valence-electron chi connectivity index (χ2n) is 3.89. The Kier molecular flexibility index (Phi) is 2.86. The van der Waals surface area contributed by atoms with Crippen LogP contribution in [0, 0.1) is 18.3 Å². The van der Waals surface area contributed by atoms with Gasteiger partial charge in [0.05, 0.1) is 0 Å². The van der Waals surface area contributed by atoms with Gasteiger partial charge < -0.3 is 14.4 Å². The van der Waals surface area contributed by atoms with Crippen molar-refractivity contribution >= 4 is 11.9 Å². The van der Waals surface area contributed by atoms with E-state index in [2.05, 4.69) is 5.92 Å². The number of furan rings is 1. The summed E-state index contributed by atoms with van der Waals surface area (Å²) in [5.41, 5.74) is 0. The molecule has 0 spiro atoms. The van der Waals surface area contributed by atoms with E-state index in [-0.39, 0.29) is 11.7 Å². The Labute approximate surface area is 93.9 Å². The first-order valence-corrected chi connectivity index (χ1v) is 5.25. The fourth-order valence-electron chi connectivity index (χ4n) is 1.93. The van der Waals surface area contributed by atoms with E-state index in [0.29, 0.717) is 5.88 Å². The Morgan fingerprint density at radius 2 is 2.44 bits per heavy atom. The van der Waals surface area contributed by atoms with Crippen LogP contribution in [0.4, 0.5) is 5.88 Å². The van der Waals surface area contributed by atoms with Gasteiger partial charge in [-0.2, -0.15) is 0 Å². The molecule has 0 aliphatic carbocycles. The normalized spacial score (nSPS) is 20.4. The average Bonchev–Trinajstić information content (AvgIpc) is 2.78. The molecule has 1 unspecified atom stereocenters. The Bertz CT molecular complexity index is 430. The summed E-state index contributed by atoms with van der Waals surface area (Å²) >= 11 is 0. The van der Waals surface area contributed by atoms with E-state index in [9.17, 15) is 4.79 Å². The van der Waals surface area contributed by atoms with Crippen molar-refractivity contribution in [2.75, 3.05) is 18.0 Å². The fraction of sp³-hybridized carbons (Fsp3) is 0.417. The van der Waals surface area contributed by atoms with Crippen LogP contribution in [0.3, 0.4) is 0 Å². The first-order chi connectivity index (χ1) is 7.70. The van der Waals surface area contributed by atoms with E-state index in [4.69, 9.17) is 15.9 Å². The number of nitrogens with zero attached hydrogens (tertiary/aromatic N) is 1. The van der Waals surface area contributed by atoms with Crippen LogP contribution < -0.4 is 4.90 Å². The molecule has 0 amide bonds. The minimum Gasteiger partial charge on any atom is -0.475 e. The summed E-state index contributed by atoms with van der Waals surface area (Å²) in [6.07, 6.45) is 7.43. The highest BCUT2D eigenvalue weighted by Crippen LogP contribution is 2.24. The van der Waals surface area contributed by atoms with E-state index in [1.807, 2.05) is 4.90 Å². The van der Waals surface area contributed by atoms with Crippen molar-refractivity contribution in [3.8, 4) is 12.3 Å². The molecule has 0 saturated carbocycles. The van der Waals surface area contributed by atoms with Gasteiger partial charge in [-0.3, -0.25) is 0 Å². The van der Waals surface area contributed by atoms with Crippen molar-refractivity contribution < 1.29 is 14.3 Å². The standard InChI is InChI=1S/C12H13NO3/c1-2-9-4-3-7-13(8-9)11-6-5-10(16-11)12(14)15/h1,5-6,9H,3-4,7-8H2,(H,14,15). The Balaban J connectivity index is 2.11. The Morgan fingerprint density at radius 3 is 3.06 bits per heavy atom. The number of hydrogen-bond donors (Lipinski definition) is 1. The Morgan fingerprint density at radius 1 is 1.62 bits per heavy atom. The number of carbonyl (C=O) groups is 1. The topological polar surface area (TPSA) is 53.7 Å². The quantitative estimate of drug-likeness (QED) is 0.771. The summed E-state index contributed by atoms with van der Waals surface area (Å²) in [7, 11) is 0. The highest BCUT2D eigenvalue weighted by molar-refractivity contribution is 5.84. The summed E-state index contributed by atoms with van der Waals surface area (Å²) in [4.78, 5) is 12.7.